The Kier molecular flexibility index (Phi) is 5.06. The van der Waals surface area contributed by atoms with Crippen LogP contribution in [-0.2, 0) is 4.79 Å². The standard InChI is InChI=1S/C22H19ClN2O3S/c1-11(15-9-16-12(2)13(3)28-19(16)10-18(15)27-4)7-21(26)25-22-24-17-6-5-14(23)8-20(17)29-22/h5-10H,1-4H3,(H,24,25,26)/b11-7+. The summed E-state index contributed by atoms with van der Waals surface area (Å²) >= 11 is 7.40. The Hall–Kier alpha value is -2.83. The van der Waals surface area contributed by atoms with E-state index in [0.29, 0.717) is 15.9 Å². The van der Waals surface area contributed by atoms with E-state index >= 15 is 0 Å². The van der Waals surface area contributed by atoms with Crippen LogP contribution in [-0.4, -0.2) is 18.0 Å². The molecule has 29 heavy (non-hydrogen) atoms. The molecule has 0 aliphatic heterocycles. The van der Waals surface area contributed by atoms with Crippen LogP contribution in [0.15, 0.2) is 40.8 Å². The molecule has 0 aliphatic carbocycles. The maximum absolute atomic E-state index is 12.6. The first-order valence-corrected chi connectivity index (χ1v) is 10.2. The van der Waals surface area contributed by atoms with Gasteiger partial charge in [0.2, 0.25) is 5.91 Å². The van der Waals surface area contributed by atoms with Gasteiger partial charge < -0.3 is 9.15 Å². The number of allylic oxidation sites excluding steroid dienone is 1. The molecule has 0 atom stereocenters. The molecule has 4 aromatic rings. The van der Waals surface area contributed by atoms with Gasteiger partial charge in [-0.05, 0) is 56.2 Å². The van der Waals surface area contributed by atoms with Crippen molar-refractivity contribution in [2.24, 2.45) is 0 Å². The number of nitrogens with one attached hydrogen (secondary N) is 1. The number of furan rings is 1. The molecule has 7 heteroatoms. The quantitative estimate of drug-likeness (QED) is 0.385. The fourth-order valence-electron chi connectivity index (χ4n) is 3.21. The molecule has 2 aromatic carbocycles. The number of hydrogen-bond donors (Lipinski definition) is 1. The second-order valence-electron chi connectivity index (χ2n) is 6.78. The molecule has 1 N–H and O–H groups in total. The molecule has 0 bridgehead atoms. The minimum Gasteiger partial charge on any atom is -0.496 e. The van der Waals surface area contributed by atoms with Crippen LogP contribution in [0.5, 0.6) is 5.75 Å². The topological polar surface area (TPSA) is 64.4 Å². The summed E-state index contributed by atoms with van der Waals surface area (Å²) < 4.78 is 12.2. The van der Waals surface area contributed by atoms with Crippen molar-refractivity contribution < 1.29 is 13.9 Å². The number of ether oxygens (including phenoxy) is 1. The lowest BCUT2D eigenvalue weighted by atomic mass is 10.0. The molecule has 0 spiro atoms. The minimum atomic E-state index is -0.255. The number of amides is 1. The summed E-state index contributed by atoms with van der Waals surface area (Å²) in [6, 6.07) is 9.30. The fourth-order valence-corrected chi connectivity index (χ4v) is 4.36. The first-order valence-electron chi connectivity index (χ1n) is 8.99. The summed E-state index contributed by atoms with van der Waals surface area (Å²) in [6.45, 7) is 5.83. The second-order valence-corrected chi connectivity index (χ2v) is 8.25. The molecule has 0 saturated heterocycles. The van der Waals surface area contributed by atoms with Gasteiger partial charge in [0.1, 0.15) is 17.1 Å². The number of carbonyl (C=O) groups is 1. The third-order valence-electron chi connectivity index (χ3n) is 4.85. The Bertz CT molecular complexity index is 1290. The first-order chi connectivity index (χ1) is 13.9. The largest absolute Gasteiger partial charge is 0.496 e. The highest BCUT2D eigenvalue weighted by Gasteiger charge is 2.15. The summed E-state index contributed by atoms with van der Waals surface area (Å²) in [5, 5.41) is 5.01. The SMILES string of the molecule is COc1cc2oc(C)c(C)c2cc1/C(C)=C/C(=O)Nc1nc2ccc(Cl)cc2s1. The van der Waals surface area contributed by atoms with Gasteiger partial charge in [0.05, 0.1) is 17.3 Å². The van der Waals surface area contributed by atoms with Crippen LogP contribution in [0.1, 0.15) is 23.8 Å². The molecule has 0 unspecified atom stereocenters. The lowest BCUT2D eigenvalue weighted by Crippen LogP contribution is -2.08. The van der Waals surface area contributed by atoms with Crippen molar-refractivity contribution in [3.05, 3.63) is 58.3 Å². The van der Waals surface area contributed by atoms with Gasteiger partial charge in [-0.3, -0.25) is 10.1 Å². The number of benzene rings is 2. The fraction of sp³-hybridized carbons (Fsp3) is 0.182. The number of fused-ring (bicyclic) bond motifs is 2. The lowest BCUT2D eigenvalue weighted by molar-refractivity contribution is -0.111. The molecule has 0 radical (unpaired) electrons. The molecular weight excluding hydrogens is 408 g/mol. The van der Waals surface area contributed by atoms with E-state index in [1.807, 2.05) is 45.0 Å². The van der Waals surface area contributed by atoms with Crippen LogP contribution in [0.2, 0.25) is 5.02 Å². The van der Waals surface area contributed by atoms with E-state index in [4.69, 9.17) is 20.8 Å². The summed E-state index contributed by atoms with van der Waals surface area (Å²) in [5.74, 6) is 1.27. The molecule has 5 nitrogen and oxygen atoms in total. The molecule has 4 rings (SSSR count). The zero-order chi connectivity index (χ0) is 20.7. The first kappa shape index (κ1) is 19.5. The molecule has 0 aliphatic rings. The van der Waals surface area contributed by atoms with E-state index in [1.165, 1.54) is 11.3 Å². The van der Waals surface area contributed by atoms with E-state index in [2.05, 4.69) is 10.3 Å². The zero-order valence-corrected chi connectivity index (χ0v) is 18.0. The Balaban J connectivity index is 1.64. The van der Waals surface area contributed by atoms with Crippen LogP contribution in [0.3, 0.4) is 0 Å². The van der Waals surface area contributed by atoms with Crippen molar-refractivity contribution in [2.45, 2.75) is 20.8 Å². The number of rotatable bonds is 4. The number of carbonyl (C=O) groups excluding carboxylic acids is 1. The normalized spacial score (nSPS) is 12.0. The van der Waals surface area contributed by atoms with Gasteiger partial charge in [0, 0.05) is 28.1 Å². The Morgan fingerprint density at radius 1 is 1.28 bits per heavy atom. The summed E-state index contributed by atoms with van der Waals surface area (Å²) in [6.07, 6.45) is 1.55. The molecule has 0 saturated carbocycles. The van der Waals surface area contributed by atoms with E-state index in [-0.39, 0.29) is 5.91 Å². The molecule has 0 fully saturated rings. The van der Waals surface area contributed by atoms with Gasteiger partial charge >= 0.3 is 0 Å². The minimum absolute atomic E-state index is 0.255. The van der Waals surface area contributed by atoms with Gasteiger partial charge in [-0.15, -0.1) is 0 Å². The summed E-state index contributed by atoms with van der Waals surface area (Å²) in [5.41, 5.74) is 4.27. The number of nitrogens with zero attached hydrogens (tertiary/aromatic N) is 1. The molecule has 2 heterocycles. The molecular formula is C22H19ClN2O3S. The number of methoxy groups -OCH3 is 1. The number of hydrogen-bond acceptors (Lipinski definition) is 5. The zero-order valence-electron chi connectivity index (χ0n) is 16.4. The van der Waals surface area contributed by atoms with Crippen LogP contribution in [0.4, 0.5) is 5.13 Å². The van der Waals surface area contributed by atoms with Gasteiger partial charge in [0.25, 0.3) is 0 Å². The Morgan fingerprint density at radius 3 is 2.83 bits per heavy atom. The van der Waals surface area contributed by atoms with Gasteiger partial charge in [-0.25, -0.2) is 4.98 Å². The van der Waals surface area contributed by atoms with Crippen molar-refractivity contribution in [3.63, 3.8) is 0 Å². The second kappa shape index (κ2) is 7.54. The molecule has 148 valence electrons. The number of halogens is 1. The van der Waals surface area contributed by atoms with Crippen LogP contribution in [0, 0.1) is 13.8 Å². The van der Waals surface area contributed by atoms with Crippen LogP contribution >= 0.6 is 22.9 Å². The summed E-state index contributed by atoms with van der Waals surface area (Å²) in [4.78, 5) is 17.0. The maximum Gasteiger partial charge on any atom is 0.250 e. The molecule has 2 aromatic heterocycles. The van der Waals surface area contributed by atoms with E-state index in [9.17, 15) is 4.79 Å². The highest BCUT2D eigenvalue weighted by molar-refractivity contribution is 7.22. The van der Waals surface area contributed by atoms with E-state index in [0.717, 1.165) is 43.6 Å². The number of aryl methyl sites for hydroxylation is 2. The van der Waals surface area contributed by atoms with Crippen LogP contribution in [0.25, 0.3) is 26.8 Å². The van der Waals surface area contributed by atoms with Crippen molar-refractivity contribution in [3.8, 4) is 5.75 Å². The maximum atomic E-state index is 12.6. The van der Waals surface area contributed by atoms with E-state index < -0.39 is 0 Å². The third-order valence-corrected chi connectivity index (χ3v) is 6.02. The van der Waals surface area contributed by atoms with Crippen molar-refractivity contribution in [2.75, 3.05) is 12.4 Å². The monoisotopic (exact) mass is 426 g/mol. The summed E-state index contributed by atoms with van der Waals surface area (Å²) in [7, 11) is 1.60. The highest BCUT2D eigenvalue weighted by atomic mass is 35.5. The van der Waals surface area contributed by atoms with Gasteiger partial charge in [-0.2, -0.15) is 0 Å². The van der Waals surface area contributed by atoms with Crippen molar-refractivity contribution >= 4 is 60.7 Å². The number of thiazole rings is 1. The Morgan fingerprint density at radius 2 is 2.07 bits per heavy atom. The van der Waals surface area contributed by atoms with Crippen molar-refractivity contribution in [1.82, 2.24) is 4.98 Å². The van der Waals surface area contributed by atoms with Crippen LogP contribution < -0.4 is 10.1 Å². The number of anilines is 1. The average molecular weight is 427 g/mol. The van der Waals surface area contributed by atoms with Gasteiger partial charge in [-0.1, -0.05) is 22.9 Å². The third kappa shape index (κ3) is 3.73. The van der Waals surface area contributed by atoms with Crippen molar-refractivity contribution in [1.29, 1.82) is 0 Å². The smallest absolute Gasteiger partial charge is 0.250 e. The Labute approximate surface area is 176 Å². The predicted octanol–water partition coefficient (Wildman–Crippen LogP) is 6.36. The van der Waals surface area contributed by atoms with E-state index in [1.54, 1.807) is 19.3 Å². The lowest BCUT2D eigenvalue weighted by Gasteiger charge is -2.09. The average Bonchev–Trinajstić information content (AvgIpc) is 3.19. The predicted molar refractivity (Wildman–Crippen MR) is 119 cm³/mol. The highest BCUT2D eigenvalue weighted by Crippen LogP contribution is 2.35. The number of aromatic nitrogens is 1. The van der Waals surface area contributed by atoms with Gasteiger partial charge in [0.15, 0.2) is 5.13 Å². The molecule has 1 amide bonds.